The normalized spacial score (nSPS) is 15.9. The lowest BCUT2D eigenvalue weighted by Crippen LogP contribution is -2.34. The lowest BCUT2D eigenvalue weighted by atomic mass is 10.1. The molecule has 2 nitrogen and oxygen atoms in total. The fourth-order valence-corrected chi connectivity index (χ4v) is 3.63. The zero-order valence-electron chi connectivity index (χ0n) is 14.5. The van der Waals surface area contributed by atoms with Gasteiger partial charge in [0.25, 0.3) is 0 Å². The first-order valence-electron chi connectivity index (χ1n) is 8.43. The summed E-state index contributed by atoms with van der Waals surface area (Å²) in [4.78, 5) is 5.63. The van der Waals surface area contributed by atoms with Crippen molar-refractivity contribution < 1.29 is 0 Å². The van der Waals surface area contributed by atoms with Crippen molar-refractivity contribution in [2.75, 3.05) is 13.1 Å². The molecule has 1 aromatic rings. The Hall–Kier alpha value is -0.380. The average molecular weight is 309 g/mol. The van der Waals surface area contributed by atoms with Crippen LogP contribution in [0.2, 0.25) is 0 Å². The van der Waals surface area contributed by atoms with Crippen molar-refractivity contribution >= 4 is 11.3 Å². The van der Waals surface area contributed by atoms with Crippen LogP contribution in [0.1, 0.15) is 62.3 Å². The Labute approximate surface area is 134 Å². The van der Waals surface area contributed by atoms with Crippen molar-refractivity contribution in [3.63, 3.8) is 0 Å². The second kappa shape index (κ2) is 7.26. The average Bonchev–Trinajstić information content (AvgIpc) is 3.11. The van der Waals surface area contributed by atoms with Gasteiger partial charge in [0.05, 0.1) is 0 Å². The molecule has 0 saturated heterocycles. The van der Waals surface area contributed by atoms with Gasteiger partial charge in [-0.3, -0.25) is 4.90 Å². The van der Waals surface area contributed by atoms with Gasteiger partial charge in [-0.1, -0.05) is 6.92 Å². The minimum absolute atomic E-state index is 0.193. The summed E-state index contributed by atoms with van der Waals surface area (Å²) in [6.07, 6.45) is 4.15. The van der Waals surface area contributed by atoms with Gasteiger partial charge in [0, 0.05) is 34.9 Å². The van der Waals surface area contributed by atoms with E-state index in [-0.39, 0.29) is 5.54 Å². The monoisotopic (exact) mass is 308 g/mol. The number of nitrogens with zero attached hydrogens (tertiary/aromatic N) is 1. The third-order valence-electron chi connectivity index (χ3n) is 4.01. The summed E-state index contributed by atoms with van der Waals surface area (Å²) < 4.78 is 0. The molecule has 120 valence electrons. The van der Waals surface area contributed by atoms with Crippen LogP contribution in [0.5, 0.6) is 0 Å². The van der Waals surface area contributed by atoms with Gasteiger partial charge in [-0.2, -0.15) is 0 Å². The molecule has 0 amide bonds. The van der Waals surface area contributed by atoms with Gasteiger partial charge in [0.2, 0.25) is 0 Å². The highest BCUT2D eigenvalue weighted by Crippen LogP contribution is 2.31. The minimum Gasteiger partial charge on any atom is -0.307 e. The second-order valence-electron chi connectivity index (χ2n) is 7.58. The summed E-state index contributed by atoms with van der Waals surface area (Å²) in [6.45, 7) is 15.9. The fraction of sp³-hybridized carbons (Fsp3) is 0.778. The van der Waals surface area contributed by atoms with Crippen molar-refractivity contribution in [2.24, 2.45) is 5.92 Å². The molecule has 0 aromatic carbocycles. The predicted octanol–water partition coefficient (Wildman–Crippen LogP) is 4.57. The van der Waals surface area contributed by atoms with Crippen molar-refractivity contribution in [3.8, 4) is 0 Å². The van der Waals surface area contributed by atoms with Crippen LogP contribution in [0.4, 0.5) is 0 Å². The van der Waals surface area contributed by atoms with Gasteiger partial charge in [-0.05, 0) is 71.0 Å². The van der Waals surface area contributed by atoms with Crippen LogP contribution in [0.25, 0.3) is 0 Å². The maximum Gasteiger partial charge on any atom is 0.0304 e. The van der Waals surface area contributed by atoms with Gasteiger partial charge in [0.15, 0.2) is 0 Å². The first-order valence-corrected chi connectivity index (χ1v) is 9.24. The zero-order chi connectivity index (χ0) is 15.5. The van der Waals surface area contributed by atoms with E-state index < -0.39 is 0 Å². The quantitative estimate of drug-likeness (QED) is 0.757. The molecule has 1 aliphatic carbocycles. The Morgan fingerprint density at radius 2 is 2.05 bits per heavy atom. The number of hydrogen-bond donors (Lipinski definition) is 1. The van der Waals surface area contributed by atoms with E-state index in [1.807, 2.05) is 11.3 Å². The highest BCUT2D eigenvalue weighted by Gasteiger charge is 2.24. The van der Waals surface area contributed by atoms with Gasteiger partial charge < -0.3 is 5.32 Å². The molecule has 0 spiro atoms. The first-order chi connectivity index (χ1) is 9.87. The Kier molecular flexibility index (Phi) is 5.87. The topological polar surface area (TPSA) is 15.3 Å². The molecule has 1 aromatic heterocycles. The Morgan fingerprint density at radius 3 is 2.62 bits per heavy atom. The number of rotatable bonds is 8. The van der Waals surface area contributed by atoms with E-state index in [0.29, 0.717) is 0 Å². The molecule has 21 heavy (non-hydrogen) atoms. The minimum atomic E-state index is 0.193. The maximum absolute atomic E-state index is 3.60. The second-order valence-corrected chi connectivity index (χ2v) is 8.92. The standard InChI is InChI=1S/C18H32N2S/c1-6-9-20(12-15-7-8-15)13-16-10-17(21-14(16)2)11-19-18(3,4)5/h10,15,19H,6-9,11-13H2,1-5H3. The molecule has 3 heteroatoms. The molecular formula is C18H32N2S. The summed E-state index contributed by atoms with van der Waals surface area (Å²) in [5.41, 5.74) is 1.73. The van der Waals surface area contributed by atoms with Crippen LogP contribution >= 0.6 is 11.3 Å². The van der Waals surface area contributed by atoms with E-state index in [9.17, 15) is 0 Å². The van der Waals surface area contributed by atoms with Crippen LogP contribution < -0.4 is 5.32 Å². The van der Waals surface area contributed by atoms with E-state index in [2.05, 4.69) is 50.9 Å². The predicted molar refractivity (Wildman–Crippen MR) is 93.9 cm³/mol. The molecular weight excluding hydrogens is 276 g/mol. The van der Waals surface area contributed by atoms with Crippen LogP contribution in [0.15, 0.2) is 6.07 Å². The first kappa shape index (κ1) is 17.0. The number of thiophene rings is 1. The van der Waals surface area contributed by atoms with Gasteiger partial charge in [-0.25, -0.2) is 0 Å². The lowest BCUT2D eigenvalue weighted by molar-refractivity contribution is 0.255. The lowest BCUT2D eigenvalue weighted by Gasteiger charge is -2.21. The Balaban J connectivity index is 1.93. The van der Waals surface area contributed by atoms with Crippen molar-refractivity contribution in [1.29, 1.82) is 0 Å². The molecule has 0 unspecified atom stereocenters. The van der Waals surface area contributed by atoms with Gasteiger partial charge in [0.1, 0.15) is 0 Å². The molecule has 1 N–H and O–H groups in total. The Bertz CT molecular complexity index is 441. The third kappa shape index (κ3) is 6.09. The molecule has 1 heterocycles. The smallest absolute Gasteiger partial charge is 0.0304 e. The maximum atomic E-state index is 3.60. The summed E-state index contributed by atoms with van der Waals surface area (Å²) >= 11 is 1.96. The van der Waals surface area contributed by atoms with Crippen LogP contribution in [0, 0.1) is 12.8 Å². The number of nitrogens with one attached hydrogen (secondary N) is 1. The largest absolute Gasteiger partial charge is 0.307 e. The summed E-state index contributed by atoms with van der Waals surface area (Å²) in [5, 5.41) is 3.60. The summed E-state index contributed by atoms with van der Waals surface area (Å²) in [5.74, 6) is 0.984. The van der Waals surface area contributed by atoms with E-state index in [1.165, 1.54) is 42.1 Å². The molecule has 0 radical (unpaired) electrons. The van der Waals surface area contributed by atoms with Crippen LogP contribution in [-0.2, 0) is 13.1 Å². The molecule has 2 rings (SSSR count). The molecule has 0 aliphatic heterocycles. The van der Waals surface area contributed by atoms with Crippen LogP contribution in [0.3, 0.4) is 0 Å². The highest BCUT2D eigenvalue weighted by molar-refractivity contribution is 7.12. The van der Waals surface area contributed by atoms with Gasteiger partial charge >= 0.3 is 0 Å². The van der Waals surface area contributed by atoms with Crippen molar-refractivity contribution in [3.05, 3.63) is 21.4 Å². The van der Waals surface area contributed by atoms with Gasteiger partial charge in [-0.15, -0.1) is 11.3 Å². The van der Waals surface area contributed by atoms with E-state index in [0.717, 1.165) is 19.0 Å². The summed E-state index contributed by atoms with van der Waals surface area (Å²) in [6, 6.07) is 2.42. The van der Waals surface area contributed by atoms with E-state index in [1.54, 1.807) is 5.56 Å². The highest BCUT2D eigenvalue weighted by atomic mass is 32.1. The number of hydrogen-bond acceptors (Lipinski definition) is 3. The number of aryl methyl sites for hydroxylation is 1. The zero-order valence-corrected chi connectivity index (χ0v) is 15.3. The van der Waals surface area contributed by atoms with Crippen molar-refractivity contribution in [1.82, 2.24) is 10.2 Å². The van der Waals surface area contributed by atoms with E-state index >= 15 is 0 Å². The Morgan fingerprint density at radius 1 is 1.33 bits per heavy atom. The molecule has 1 aliphatic rings. The third-order valence-corrected chi connectivity index (χ3v) is 5.10. The SMILES string of the molecule is CCCN(Cc1cc(CNC(C)(C)C)sc1C)CC1CC1. The van der Waals surface area contributed by atoms with E-state index in [4.69, 9.17) is 0 Å². The molecule has 0 atom stereocenters. The molecule has 1 saturated carbocycles. The van der Waals surface area contributed by atoms with Crippen molar-refractivity contribution in [2.45, 2.75) is 72.5 Å². The summed E-state index contributed by atoms with van der Waals surface area (Å²) in [7, 11) is 0. The van der Waals surface area contributed by atoms with Crippen LogP contribution in [-0.4, -0.2) is 23.5 Å². The molecule has 0 bridgehead atoms. The molecule has 1 fully saturated rings. The fourth-order valence-electron chi connectivity index (χ4n) is 2.64.